The zero-order valence-electron chi connectivity index (χ0n) is 23.8. The summed E-state index contributed by atoms with van der Waals surface area (Å²) in [5, 5.41) is 3.98. The number of benzene rings is 3. The van der Waals surface area contributed by atoms with Crippen molar-refractivity contribution < 1.29 is 4.57 Å². The number of aryl methyl sites for hydroxylation is 2. The fraction of sp³-hybridized carbons (Fsp3) is 0.324. The van der Waals surface area contributed by atoms with Gasteiger partial charge in [0.15, 0.2) is 0 Å². The second-order valence-electron chi connectivity index (χ2n) is 11.0. The first-order chi connectivity index (χ1) is 19.0. The van der Waals surface area contributed by atoms with Crippen molar-refractivity contribution in [3.05, 3.63) is 84.1 Å². The summed E-state index contributed by atoms with van der Waals surface area (Å²) in [7, 11) is 6.49. The molecule has 3 aromatic carbocycles. The van der Waals surface area contributed by atoms with Gasteiger partial charge in [0.2, 0.25) is 11.2 Å². The summed E-state index contributed by atoms with van der Waals surface area (Å²) >= 11 is 0. The molecule has 1 aliphatic heterocycles. The molecule has 1 fully saturated rings. The predicted molar refractivity (Wildman–Crippen MR) is 166 cm³/mol. The largest absolute Gasteiger partial charge is 0.368 e. The van der Waals surface area contributed by atoms with E-state index >= 15 is 0 Å². The second kappa shape index (κ2) is 10.8. The molecule has 200 valence electrons. The van der Waals surface area contributed by atoms with Gasteiger partial charge in [0, 0.05) is 85.8 Å². The first-order valence-corrected chi connectivity index (χ1v) is 14.3. The normalized spacial score (nSPS) is 15.1. The van der Waals surface area contributed by atoms with Gasteiger partial charge in [-0.2, -0.15) is 4.57 Å². The van der Waals surface area contributed by atoms with Crippen LogP contribution in [0.3, 0.4) is 0 Å². The molecule has 2 aromatic heterocycles. The summed E-state index contributed by atoms with van der Waals surface area (Å²) in [6, 6.07) is 26.8. The van der Waals surface area contributed by atoms with Crippen molar-refractivity contribution in [3.8, 4) is 0 Å². The van der Waals surface area contributed by atoms with Gasteiger partial charge in [-0.1, -0.05) is 36.4 Å². The minimum absolute atomic E-state index is 0.971. The molecule has 0 spiro atoms. The fourth-order valence-electron chi connectivity index (χ4n) is 6.11. The Hall–Kier alpha value is -3.67. The van der Waals surface area contributed by atoms with E-state index in [1.165, 1.54) is 49.7 Å². The van der Waals surface area contributed by atoms with Gasteiger partial charge in [-0.15, -0.1) is 0 Å². The van der Waals surface area contributed by atoms with Crippen LogP contribution in [-0.2, 0) is 13.6 Å². The smallest absolute Gasteiger partial charge is 0.214 e. The van der Waals surface area contributed by atoms with E-state index in [1.807, 2.05) is 0 Å². The SMILES string of the molecule is CCn1c2ccccc2c2cc(/C=C/c3cc(N4CCN(CCN(C)C)CC4)c4ccccc4[n+]3C)ccc21. The first kappa shape index (κ1) is 25.6. The monoisotopic (exact) mass is 518 g/mol. The molecule has 0 amide bonds. The van der Waals surface area contributed by atoms with Crippen molar-refractivity contribution in [2.24, 2.45) is 7.05 Å². The molecule has 0 bridgehead atoms. The van der Waals surface area contributed by atoms with Gasteiger partial charge < -0.3 is 14.4 Å². The molecule has 0 N–H and O–H groups in total. The zero-order valence-corrected chi connectivity index (χ0v) is 23.8. The Morgan fingerprint density at radius 3 is 2.28 bits per heavy atom. The quantitative estimate of drug-likeness (QED) is 0.260. The van der Waals surface area contributed by atoms with Gasteiger partial charge in [-0.25, -0.2) is 0 Å². The molecule has 0 atom stereocenters. The summed E-state index contributed by atoms with van der Waals surface area (Å²) in [4.78, 5) is 7.45. The summed E-state index contributed by atoms with van der Waals surface area (Å²) in [6.07, 6.45) is 4.55. The Labute approximate surface area is 232 Å². The van der Waals surface area contributed by atoms with Crippen LogP contribution in [0.25, 0.3) is 44.9 Å². The molecule has 1 saturated heterocycles. The van der Waals surface area contributed by atoms with Gasteiger partial charge in [-0.3, -0.25) is 4.90 Å². The molecule has 5 heteroatoms. The number of fused-ring (bicyclic) bond motifs is 4. The second-order valence-corrected chi connectivity index (χ2v) is 11.0. The van der Waals surface area contributed by atoms with E-state index in [9.17, 15) is 0 Å². The average molecular weight is 519 g/mol. The van der Waals surface area contributed by atoms with Gasteiger partial charge in [-0.05, 0) is 56.9 Å². The maximum absolute atomic E-state index is 2.59. The summed E-state index contributed by atoms with van der Waals surface area (Å²) in [5.74, 6) is 0. The highest BCUT2D eigenvalue weighted by atomic mass is 15.3. The van der Waals surface area contributed by atoms with Crippen LogP contribution in [0.5, 0.6) is 0 Å². The lowest BCUT2D eigenvalue weighted by molar-refractivity contribution is -0.646. The number of anilines is 1. The lowest BCUT2D eigenvalue weighted by atomic mass is 10.1. The van der Waals surface area contributed by atoms with Crippen LogP contribution in [0.2, 0.25) is 0 Å². The predicted octanol–water partition coefficient (Wildman–Crippen LogP) is 5.65. The van der Waals surface area contributed by atoms with Gasteiger partial charge in [0.25, 0.3) is 0 Å². The Bertz CT molecular complexity index is 1650. The number of nitrogens with zero attached hydrogens (tertiary/aromatic N) is 5. The molecule has 0 unspecified atom stereocenters. The van der Waals surface area contributed by atoms with Gasteiger partial charge >= 0.3 is 0 Å². The van der Waals surface area contributed by atoms with Crippen LogP contribution >= 0.6 is 0 Å². The molecular formula is C34H40N5+. The number of hydrogen-bond acceptors (Lipinski definition) is 3. The van der Waals surface area contributed by atoms with Crippen LogP contribution in [0.4, 0.5) is 5.69 Å². The standard InChI is InChI=1S/C34H40N5/c1-5-39-32-13-9-6-10-28(32)30-24-26(15-17-33(30)39)14-16-27-25-34(29-11-7-8-12-31(29)36(27)4)38-22-20-37(21-23-38)19-18-35(2)3/h6-17,24-25H,5,18-23H2,1-4H3/q+1. The molecule has 0 radical (unpaired) electrons. The highest BCUT2D eigenvalue weighted by molar-refractivity contribution is 6.08. The summed E-state index contributed by atoms with van der Waals surface area (Å²) in [6.45, 7) is 9.79. The Morgan fingerprint density at radius 2 is 1.51 bits per heavy atom. The Balaban J connectivity index is 1.33. The minimum Gasteiger partial charge on any atom is -0.368 e. The fourth-order valence-corrected chi connectivity index (χ4v) is 6.11. The van der Waals surface area contributed by atoms with Crippen LogP contribution in [0.15, 0.2) is 72.8 Å². The van der Waals surface area contributed by atoms with E-state index < -0.39 is 0 Å². The van der Waals surface area contributed by atoms with Gasteiger partial charge in [0.05, 0.1) is 11.1 Å². The highest BCUT2D eigenvalue weighted by Gasteiger charge is 2.22. The van der Waals surface area contributed by atoms with E-state index in [4.69, 9.17) is 0 Å². The molecular weight excluding hydrogens is 478 g/mol. The van der Waals surface area contributed by atoms with E-state index in [0.717, 1.165) is 45.8 Å². The van der Waals surface area contributed by atoms with Crippen molar-refractivity contribution in [1.82, 2.24) is 14.4 Å². The van der Waals surface area contributed by atoms with E-state index in [0.29, 0.717) is 0 Å². The molecule has 6 rings (SSSR count). The van der Waals surface area contributed by atoms with Crippen molar-refractivity contribution >= 4 is 50.5 Å². The molecule has 3 heterocycles. The molecule has 0 aliphatic carbocycles. The van der Waals surface area contributed by atoms with Crippen molar-refractivity contribution in [1.29, 1.82) is 0 Å². The molecule has 5 nitrogen and oxygen atoms in total. The van der Waals surface area contributed by atoms with Crippen LogP contribution in [0, 0.1) is 0 Å². The highest BCUT2D eigenvalue weighted by Crippen LogP contribution is 2.31. The molecule has 39 heavy (non-hydrogen) atoms. The summed E-state index contributed by atoms with van der Waals surface area (Å²) in [5.41, 5.74) is 7.67. The molecule has 5 aromatic rings. The first-order valence-electron chi connectivity index (χ1n) is 14.3. The third-order valence-corrected chi connectivity index (χ3v) is 8.35. The van der Waals surface area contributed by atoms with Crippen molar-refractivity contribution in [3.63, 3.8) is 0 Å². The third kappa shape index (κ3) is 4.93. The Kier molecular flexibility index (Phi) is 7.11. The number of pyridine rings is 1. The van der Waals surface area contributed by atoms with Crippen LogP contribution < -0.4 is 9.47 Å². The maximum atomic E-state index is 2.59. The third-order valence-electron chi connectivity index (χ3n) is 8.35. The molecule has 0 saturated carbocycles. The van der Waals surface area contributed by atoms with E-state index in [2.05, 4.69) is 137 Å². The Morgan fingerprint density at radius 1 is 0.795 bits per heavy atom. The average Bonchev–Trinajstić information content (AvgIpc) is 3.29. The number of likely N-dealkylation sites (N-methyl/N-ethyl adjacent to an activating group) is 1. The molecule has 1 aliphatic rings. The maximum Gasteiger partial charge on any atom is 0.214 e. The lowest BCUT2D eigenvalue weighted by Gasteiger charge is -2.36. The van der Waals surface area contributed by atoms with Crippen LogP contribution in [-0.4, -0.2) is 67.7 Å². The number of para-hydroxylation sites is 2. The number of hydrogen-bond donors (Lipinski definition) is 0. The zero-order chi connectivity index (χ0) is 26.9. The van der Waals surface area contributed by atoms with Gasteiger partial charge in [0.1, 0.15) is 7.05 Å². The number of piperazine rings is 1. The number of rotatable bonds is 7. The van der Waals surface area contributed by atoms with E-state index in [-0.39, 0.29) is 0 Å². The number of aromatic nitrogens is 2. The lowest BCUT2D eigenvalue weighted by Crippen LogP contribution is -2.48. The van der Waals surface area contributed by atoms with E-state index in [1.54, 1.807) is 0 Å². The van der Waals surface area contributed by atoms with Crippen molar-refractivity contribution in [2.75, 3.05) is 58.3 Å². The van der Waals surface area contributed by atoms with Crippen LogP contribution in [0.1, 0.15) is 18.2 Å². The van der Waals surface area contributed by atoms with Crippen molar-refractivity contribution in [2.45, 2.75) is 13.5 Å². The minimum atomic E-state index is 0.971. The summed E-state index contributed by atoms with van der Waals surface area (Å²) < 4.78 is 4.73. The topological polar surface area (TPSA) is 18.5 Å².